The fourth-order valence-corrected chi connectivity index (χ4v) is 13.3. The van der Waals surface area contributed by atoms with Crippen molar-refractivity contribution < 1.29 is 17.6 Å². The summed E-state index contributed by atoms with van der Waals surface area (Å²) in [5, 5.41) is 10.6. The summed E-state index contributed by atoms with van der Waals surface area (Å²) in [6.07, 6.45) is 1.22. The van der Waals surface area contributed by atoms with Crippen LogP contribution in [0.1, 0.15) is 29.0 Å². The normalized spacial score (nSPS) is 12.2. The van der Waals surface area contributed by atoms with E-state index in [-0.39, 0.29) is 17.6 Å². The molecule has 0 spiro atoms. The van der Waals surface area contributed by atoms with Crippen LogP contribution in [-0.2, 0) is 6.42 Å². The van der Waals surface area contributed by atoms with Crippen LogP contribution in [0.4, 0.5) is 25.8 Å². The van der Waals surface area contributed by atoms with E-state index < -0.39 is 0 Å². The van der Waals surface area contributed by atoms with Crippen molar-refractivity contribution in [1.29, 1.82) is 0 Å². The lowest BCUT2D eigenvalue weighted by atomic mass is 9.84. The Labute approximate surface area is 483 Å². The SMILES string of the molecule is Fc1cc(-c2ccccc2)cc(-c2ccccc2)c1CCC(c1ccccc1)c1ccc2c(c1)oc1c2cc2ccc3c4oc5cc(N(c6ccccc6)c6c(F)cc(-c7ccccc7)cc6-c6ccccc6)ccc5c4cc4ccc1c2c43. The molecule has 1 unspecified atom stereocenters. The number of anilines is 3. The number of halogens is 2. The Bertz CT molecular complexity index is 5140. The molecule has 5 heteroatoms. The molecule has 2 aromatic heterocycles. The van der Waals surface area contributed by atoms with Gasteiger partial charge in [-0.3, -0.25) is 0 Å². The third kappa shape index (κ3) is 8.30. The average molecular weight is 1080 g/mol. The Balaban J connectivity index is 0.795. The van der Waals surface area contributed by atoms with E-state index in [0.717, 1.165) is 132 Å². The van der Waals surface area contributed by atoms with Crippen LogP contribution in [0.2, 0.25) is 0 Å². The van der Waals surface area contributed by atoms with Gasteiger partial charge in [-0.15, -0.1) is 0 Å². The highest BCUT2D eigenvalue weighted by atomic mass is 19.1. The zero-order valence-corrected chi connectivity index (χ0v) is 45.6. The van der Waals surface area contributed by atoms with Crippen molar-refractivity contribution in [3.05, 3.63) is 307 Å². The number of hydrogen-bond donors (Lipinski definition) is 0. The molecule has 398 valence electrons. The van der Waals surface area contributed by atoms with Crippen LogP contribution in [0.15, 0.2) is 288 Å². The number of nitrogens with zero attached hydrogens (tertiary/aromatic N) is 1. The molecule has 0 saturated heterocycles. The first-order valence-corrected chi connectivity index (χ1v) is 28.7. The zero-order valence-electron chi connectivity index (χ0n) is 45.6. The van der Waals surface area contributed by atoms with Gasteiger partial charge in [-0.25, -0.2) is 8.78 Å². The molecule has 0 aliphatic carbocycles. The molecule has 0 aliphatic heterocycles. The van der Waals surface area contributed by atoms with Gasteiger partial charge in [-0.2, -0.15) is 0 Å². The minimum absolute atomic E-state index is 0.0347. The maximum Gasteiger partial charge on any atom is 0.148 e. The summed E-state index contributed by atoms with van der Waals surface area (Å²) in [6, 6.07) is 94.6. The topological polar surface area (TPSA) is 29.5 Å². The highest BCUT2D eigenvalue weighted by molar-refractivity contribution is 6.34. The van der Waals surface area contributed by atoms with E-state index in [2.05, 4.69) is 115 Å². The molecule has 0 fully saturated rings. The van der Waals surface area contributed by atoms with E-state index in [0.29, 0.717) is 29.7 Å². The van der Waals surface area contributed by atoms with Crippen LogP contribution >= 0.6 is 0 Å². The van der Waals surface area contributed by atoms with Crippen LogP contribution in [0.3, 0.4) is 0 Å². The van der Waals surface area contributed by atoms with E-state index in [1.165, 1.54) is 5.56 Å². The van der Waals surface area contributed by atoms with Gasteiger partial charge in [0, 0.05) is 66.3 Å². The molecule has 0 N–H and O–H groups in total. The maximum absolute atomic E-state index is 17.4. The van der Waals surface area contributed by atoms with Crippen LogP contribution in [0, 0.1) is 11.6 Å². The van der Waals surface area contributed by atoms with Gasteiger partial charge in [0.05, 0.1) is 11.4 Å². The molecular formula is C79H51F2NO2. The van der Waals surface area contributed by atoms with Gasteiger partial charge in [0.1, 0.15) is 34.0 Å². The fraction of sp³-hybridized carbons (Fsp3) is 0.0380. The maximum atomic E-state index is 17.4. The Morgan fingerprint density at radius 3 is 1.37 bits per heavy atom. The number of hydrogen-bond acceptors (Lipinski definition) is 3. The molecular weight excluding hydrogens is 1030 g/mol. The lowest BCUT2D eigenvalue weighted by molar-refractivity contribution is 0.598. The van der Waals surface area contributed by atoms with E-state index in [4.69, 9.17) is 8.83 Å². The number of para-hydroxylation sites is 1. The van der Waals surface area contributed by atoms with Gasteiger partial charge in [0.2, 0.25) is 0 Å². The number of rotatable bonds is 12. The Morgan fingerprint density at radius 1 is 0.333 bits per heavy atom. The van der Waals surface area contributed by atoms with Gasteiger partial charge in [0.25, 0.3) is 0 Å². The standard InChI is InChI=1S/C79H51F2NO2/c80-71-45-57(49-19-7-1-8-20-49)43-67(52-25-13-4-14-26-52)62(71)40-39-61(51-23-11-3-12-24-51)54-31-35-63-69-41-55-33-37-66-76-56(32-36-65(75(55)76)78(69)83-73(63)47-54)42-70-64-38-34-60(48-74(64)84-79(66)70)82(59-29-17-6-18-30-59)77-68(53-27-15-5-16-28-53)44-58(46-72(77)81)50-21-9-2-10-22-50/h1-38,41-48,61H,39-40H2. The molecule has 84 heavy (non-hydrogen) atoms. The molecule has 2 heterocycles. The van der Waals surface area contributed by atoms with Crippen molar-refractivity contribution in [2.45, 2.75) is 18.8 Å². The molecule has 0 saturated carbocycles. The van der Waals surface area contributed by atoms with E-state index >= 15 is 8.78 Å². The second-order valence-electron chi connectivity index (χ2n) is 22.0. The predicted molar refractivity (Wildman–Crippen MR) is 344 cm³/mol. The summed E-state index contributed by atoms with van der Waals surface area (Å²) in [5.41, 5.74) is 15.3. The van der Waals surface area contributed by atoms with E-state index in [1.54, 1.807) is 12.1 Å². The fourth-order valence-electron chi connectivity index (χ4n) is 13.3. The molecule has 1 atom stereocenters. The molecule has 3 nitrogen and oxygen atoms in total. The second kappa shape index (κ2) is 20.1. The first kappa shape index (κ1) is 49.2. The monoisotopic (exact) mass is 1080 g/mol. The summed E-state index contributed by atoms with van der Waals surface area (Å²) in [4.78, 5) is 2.01. The quantitative estimate of drug-likeness (QED) is 0.114. The molecule has 0 aliphatic rings. The summed E-state index contributed by atoms with van der Waals surface area (Å²) in [5.74, 6) is -0.569. The van der Waals surface area contributed by atoms with Crippen LogP contribution in [-0.4, -0.2) is 0 Å². The largest absolute Gasteiger partial charge is 0.455 e. The smallest absolute Gasteiger partial charge is 0.148 e. The third-order valence-electron chi connectivity index (χ3n) is 17.2. The Hall–Kier alpha value is -10.6. The Kier molecular flexibility index (Phi) is 11.8. The average Bonchev–Trinajstić information content (AvgIpc) is 3.56. The summed E-state index contributed by atoms with van der Waals surface area (Å²) in [6.45, 7) is 0. The lowest BCUT2D eigenvalue weighted by Gasteiger charge is -2.28. The first-order chi connectivity index (χ1) is 41.5. The minimum atomic E-state index is -0.338. The number of furan rings is 2. The lowest BCUT2D eigenvalue weighted by Crippen LogP contribution is -2.13. The van der Waals surface area contributed by atoms with Crippen LogP contribution in [0.25, 0.3) is 121 Å². The highest BCUT2D eigenvalue weighted by Crippen LogP contribution is 2.49. The molecule has 16 aromatic rings. The molecule has 14 aromatic carbocycles. The van der Waals surface area contributed by atoms with Crippen molar-refractivity contribution in [1.82, 2.24) is 0 Å². The number of benzene rings is 14. The summed E-state index contributed by atoms with van der Waals surface area (Å²) < 4.78 is 48.2. The molecule has 0 bridgehead atoms. The van der Waals surface area contributed by atoms with Crippen molar-refractivity contribution >= 4 is 93.3 Å². The van der Waals surface area contributed by atoms with Gasteiger partial charge in [-0.1, -0.05) is 194 Å². The predicted octanol–water partition coefficient (Wildman–Crippen LogP) is 22.6. The molecule has 0 amide bonds. The van der Waals surface area contributed by atoms with E-state index in [9.17, 15) is 0 Å². The van der Waals surface area contributed by atoms with Gasteiger partial charge in [-0.05, 0) is 158 Å². The molecule has 0 radical (unpaired) electrons. The van der Waals surface area contributed by atoms with Crippen molar-refractivity contribution in [3.8, 4) is 44.5 Å². The zero-order chi connectivity index (χ0) is 55.8. The van der Waals surface area contributed by atoms with Crippen molar-refractivity contribution in [2.24, 2.45) is 0 Å². The number of fused-ring (bicyclic) bond motifs is 8. The van der Waals surface area contributed by atoms with Crippen LogP contribution < -0.4 is 4.90 Å². The minimum Gasteiger partial charge on any atom is -0.455 e. The van der Waals surface area contributed by atoms with Crippen LogP contribution in [0.5, 0.6) is 0 Å². The second-order valence-corrected chi connectivity index (χ2v) is 22.0. The third-order valence-corrected chi connectivity index (χ3v) is 17.2. The summed E-state index contributed by atoms with van der Waals surface area (Å²) >= 11 is 0. The highest BCUT2D eigenvalue weighted by Gasteiger charge is 2.26. The van der Waals surface area contributed by atoms with Gasteiger partial charge in [0.15, 0.2) is 0 Å². The van der Waals surface area contributed by atoms with E-state index in [1.807, 2.05) is 157 Å². The summed E-state index contributed by atoms with van der Waals surface area (Å²) in [7, 11) is 0. The Morgan fingerprint density at radius 2 is 0.798 bits per heavy atom. The first-order valence-electron chi connectivity index (χ1n) is 28.7. The van der Waals surface area contributed by atoms with Crippen molar-refractivity contribution in [2.75, 3.05) is 4.90 Å². The van der Waals surface area contributed by atoms with Crippen molar-refractivity contribution in [3.63, 3.8) is 0 Å². The van der Waals surface area contributed by atoms with Gasteiger partial charge >= 0.3 is 0 Å². The molecule has 16 rings (SSSR count). The van der Waals surface area contributed by atoms with Gasteiger partial charge < -0.3 is 13.7 Å².